The van der Waals surface area contributed by atoms with Crippen molar-refractivity contribution in [2.45, 2.75) is 44.6 Å². The number of ether oxygens (including phenoxy) is 2. The van der Waals surface area contributed by atoms with Crippen LogP contribution in [-0.2, 0) is 9.47 Å². The van der Waals surface area contributed by atoms with Crippen LogP contribution >= 0.6 is 0 Å². The van der Waals surface area contributed by atoms with Crippen LogP contribution in [0.4, 0.5) is 17.1 Å². The highest BCUT2D eigenvalue weighted by Gasteiger charge is 2.23. The summed E-state index contributed by atoms with van der Waals surface area (Å²) >= 11 is 0. The minimum atomic E-state index is -0.145. The van der Waals surface area contributed by atoms with Crippen LogP contribution in [0.5, 0.6) is 0 Å². The van der Waals surface area contributed by atoms with E-state index >= 15 is 0 Å². The van der Waals surface area contributed by atoms with Gasteiger partial charge in [-0.05, 0) is 80.3 Å². The number of hydrogen-bond acceptors (Lipinski definition) is 6. The van der Waals surface area contributed by atoms with Gasteiger partial charge in [-0.15, -0.1) is 0 Å². The lowest BCUT2D eigenvalue weighted by molar-refractivity contribution is -0.0365. The van der Waals surface area contributed by atoms with Gasteiger partial charge in [0, 0.05) is 52.8 Å². The molecule has 0 spiro atoms. The van der Waals surface area contributed by atoms with Crippen molar-refractivity contribution in [1.82, 2.24) is 19.6 Å². The number of nitrogens with one attached hydrogen (secondary N) is 2. The molecule has 9 nitrogen and oxygen atoms in total. The molecule has 5 aromatic rings. The molecule has 0 aliphatic carbocycles. The van der Waals surface area contributed by atoms with Gasteiger partial charge in [0.2, 0.25) is 0 Å². The van der Waals surface area contributed by atoms with E-state index < -0.39 is 0 Å². The van der Waals surface area contributed by atoms with Crippen LogP contribution in [0.25, 0.3) is 22.2 Å². The lowest BCUT2D eigenvalue weighted by Gasteiger charge is -2.23. The molecule has 4 heterocycles. The van der Waals surface area contributed by atoms with Crippen molar-refractivity contribution in [2.75, 3.05) is 17.2 Å². The van der Waals surface area contributed by atoms with Gasteiger partial charge in [0.25, 0.3) is 5.91 Å². The first kappa shape index (κ1) is 26.0. The SMILES string of the molecule is O=C(Nc1cccc(Nc2ccc3c(-c4cnn(C5CCC=CO5)c4)nn(C4CCCCO4)c3c2)c1)c1ccccc1. The fraction of sp³-hybridized carbons (Fsp3) is 0.242. The Balaban J connectivity index is 1.18. The van der Waals surface area contributed by atoms with Gasteiger partial charge in [-0.3, -0.25) is 4.79 Å². The molecule has 2 unspecified atom stereocenters. The zero-order chi connectivity index (χ0) is 28.3. The van der Waals surface area contributed by atoms with E-state index in [1.165, 1.54) is 0 Å². The Morgan fingerprint density at radius 2 is 1.79 bits per heavy atom. The summed E-state index contributed by atoms with van der Waals surface area (Å²) in [6.45, 7) is 0.727. The van der Waals surface area contributed by atoms with Crippen LogP contribution in [-0.4, -0.2) is 32.1 Å². The molecule has 1 fully saturated rings. The average molecular weight is 561 g/mol. The normalized spacial score (nSPS) is 18.5. The Kier molecular flexibility index (Phi) is 7.15. The number of anilines is 3. The molecular weight excluding hydrogens is 528 g/mol. The molecule has 7 rings (SSSR count). The predicted molar refractivity (Wildman–Crippen MR) is 162 cm³/mol. The van der Waals surface area contributed by atoms with Crippen molar-refractivity contribution in [1.29, 1.82) is 0 Å². The molecule has 0 radical (unpaired) electrons. The van der Waals surface area contributed by atoms with Gasteiger partial charge in [0.05, 0.1) is 18.0 Å². The lowest BCUT2D eigenvalue weighted by Crippen LogP contribution is -2.19. The monoisotopic (exact) mass is 560 g/mol. The topological polar surface area (TPSA) is 95.2 Å². The second-order valence-electron chi connectivity index (χ2n) is 10.6. The standard InChI is InChI=1S/C33H32N6O3/c40-33(23-9-2-1-3-10-23)36-26-12-8-11-25(19-26)35-27-15-16-28-29(20-27)39(31-14-5-7-18-42-31)37-32(28)24-21-34-38(22-24)30-13-4-6-17-41-30/h1-3,6,8-12,15-17,19-22,30-31,35H,4-5,7,13-14,18H2,(H,36,40). The molecule has 42 heavy (non-hydrogen) atoms. The molecule has 2 aliphatic rings. The zero-order valence-electron chi connectivity index (χ0n) is 23.1. The lowest BCUT2D eigenvalue weighted by atomic mass is 10.1. The molecule has 0 saturated carbocycles. The van der Waals surface area contributed by atoms with Crippen molar-refractivity contribution >= 4 is 33.9 Å². The van der Waals surface area contributed by atoms with Crippen LogP contribution in [0, 0.1) is 0 Å². The summed E-state index contributed by atoms with van der Waals surface area (Å²) in [7, 11) is 0. The summed E-state index contributed by atoms with van der Waals surface area (Å²) < 4.78 is 15.8. The van der Waals surface area contributed by atoms with Crippen molar-refractivity contribution < 1.29 is 14.3 Å². The Bertz CT molecular complexity index is 1740. The quantitative estimate of drug-likeness (QED) is 0.215. The van der Waals surface area contributed by atoms with Crippen LogP contribution in [0.3, 0.4) is 0 Å². The van der Waals surface area contributed by atoms with E-state index in [0.717, 1.165) is 72.2 Å². The van der Waals surface area contributed by atoms with E-state index in [1.807, 2.05) is 76.4 Å². The van der Waals surface area contributed by atoms with Gasteiger partial charge in [-0.1, -0.05) is 24.3 Å². The van der Waals surface area contributed by atoms with Crippen LogP contribution in [0.2, 0.25) is 0 Å². The van der Waals surface area contributed by atoms with E-state index in [-0.39, 0.29) is 18.4 Å². The third-order valence-corrected chi connectivity index (χ3v) is 7.66. The molecule has 0 bridgehead atoms. The van der Waals surface area contributed by atoms with Gasteiger partial charge < -0.3 is 20.1 Å². The molecule has 2 aromatic heterocycles. The minimum Gasteiger partial charge on any atom is -0.477 e. The number of hydrogen-bond donors (Lipinski definition) is 2. The second kappa shape index (κ2) is 11.5. The van der Waals surface area contributed by atoms with Crippen LogP contribution in [0.1, 0.15) is 54.9 Å². The second-order valence-corrected chi connectivity index (χ2v) is 10.6. The number of benzene rings is 3. The third kappa shape index (κ3) is 5.38. The van der Waals surface area contributed by atoms with Gasteiger partial charge >= 0.3 is 0 Å². The Hall–Kier alpha value is -4.89. The number of allylic oxidation sites excluding steroid dienone is 1. The van der Waals surface area contributed by atoms with Gasteiger partial charge in [-0.2, -0.15) is 10.2 Å². The molecule has 3 aromatic carbocycles. The highest BCUT2D eigenvalue weighted by atomic mass is 16.5. The van der Waals surface area contributed by atoms with Crippen molar-refractivity contribution in [3.05, 3.63) is 103 Å². The Morgan fingerprint density at radius 1 is 0.905 bits per heavy atom. The van der Waals surface area contributed by atoms with Gasteiger partial charge in [0.1, 0.15) is 5.69 Å². The summed E-state index contributed by atoms with van der Waals surface area (Å²) in [5.41, 5.74) is 5.90. The summed E-state index contributed by atoms with van der Waals surface area (Å²) in [6.07, 6.45) is 12.4. The number of fused-ring (bicyclic) bond motifs is 1. The molecule has 1 saturated heterocycles. The first-order chi connectivity index (χ1) is 20.7. The molecule has 2 aliphatic heterocycles. The number of carbonyl (C=O) groups excluding carboxylic acids is 1. The van der Waals surface area contributed by atoms with Gasteiger partial charge in [-0.25, -0.2) is 9.36 Å². The number of rotatable bonds is 7. The largest absolute Gasteiger partial charge is 0.477 e. The van der Waals surface area contributed by atoms with E-state index in [4.69, 9.17) is 14.6 Å². The van der Waals surface area contributed by atoms with Crippen molar-refractivity contribution in [3.63, 3.8) is 0 Å². The first-order valence-corrected chi connectivity index (χ1v) is 14.4. The maximum absolute atomic E-state index is 12.7. The van der Waals surface area contributed by atoms with E-state index in [2.05, 4.69) is 27.9 Å². The predicted octanol–water partition coefficient (Wildman–Crippen LogP) is 7.42. The fourth-order valence-electron chi connectivity index (χ4n) is 5.53. The maximum Gasteiger partial charge on any atom is 0.255 e. The molecular formula is C33H32N6O3. The smallest absolute Gasteiger partial charge is 0.255 e. The fourth-order valence-corrected chi connectivity index (χ4v) is 5.53. The van der Waals surface area contributed by atoms with E-state index in [9.17, 15) is 4.79 Å². The molecule has 2 atom stereocenters. The summed E-state index contributed by atoms with van der Waals surface area (Å²) in [4.78, 5) is 12.7. The number of carbonyl (C=O) groups is 1. The third-order valence-electron chi connectivity index (χ3n) is 7.66. The number of amides is 1. The molecule has 1 amide bonds. The Labute approximate surface area is 243 Å². The average Bonchev–Trinajstić information content (AvgIpc) is 3.68. The van der Waals surface area contributed by atoms with E-state index in [1.54, 1.807) is 18.4 Å². The number of aromatic nitrogens is 4. The van der Waals surface area contributed by atoms with Crippen molar-refractivity contribution in [3.8, 4) is 11.3 Å². The van der Waals surface area contributed by atoms with Crippen molar-refractivity contribution in [2.24, 2.45) is 0 Å². The summed E-state index contributed by atoms with van der Waals surface area (Å²) in [6, 6.07) is 23.2. The molecule has 9 heteroatoms. The number of nitrogens with zero attached hydrogens (tertiary/aromatic N) is 4. The van der Waals surface area contributed by atoms with Gasteiger partial charge in [0.15, 0.2) is 12.5 Å². The van der Waals surface area contributed by atoms with Crippen LogP contribution < -0.4 is 10.6 Å². The highest BCUT2D eigenvalue weighted by Crippen LogP contribution is 2.35. The summed E-state index contributed by atoms with van der Waals surface area (Å²) in [5, 5.41) is 17.2. The van der Waals surface area contributed by atoms with E-state index in [0.29, 0.717) is 11.3 Å². The summed E-state index contributed by atoms with van der Waals surface area (Å²) in [5.74, 6) is -0.145. The molecule has 2 N–H and O–H groups in total. The zero-order valence-corrected chi connectivity index (χ0v) is 23.1. The van der Waals surface area contributed by atoms with Crippen LogP contribution in [0.15, 0.2) is 97.5 Å². The first-order valence-electron chi connectivity index (χ1n) is 14.4. The molecule has 212 valence electrons. The highest BCUT2D eigenvalue weighted by molar-refractivity contribution is 6.04. The Morgan fingerprint density at radius 3 is 2.62 bits per heavy atom. The minimum absolute atomic E-state index is 0.108. The maximum atomic E-state index is 12.7.